The van der Waals surface area contributed by atoms with E-state index < -0.39 is 15.8 Å². The highest BCUT2D eigenvalue weighted by Gasteiger charge is 2.23. The summed E-state index contributed by atoms with van der Waals surface area (Å²) in [6, 6.07) is 12.2. The molecule has 0 radical (unpaired) electrons. The van der Waals surface area contributed by atoms with E-state index in [0.29, 0.717) is 15.7 Å². The summed E-state index contributed by atoms with van der Waals surface area (Å²) in [5, 5.41) is 10.1. The Morgan fingerprint density at radius 2 is 1.88 bits per heavy atom. The maximum absolute atomic E-state index is 13.0. The van der Waals surface area contributed by atoms with Crippen molar-refractivity contribution < 1.29 is 18.3 Å². The highest BCUT2D eigenvalue weighted by molar-refractivity contribution is 7.93. The molecule has 0 bridgehead atoms. The Kier molecular flexibility index (Phi) is 4.90. The number of fused-ring (bicyclic) bond motifs is 1. The minimum atomic E-state index is -3.56. The number of hydrogen-bond donors (Lipinski definition) is 1. The van der Waals surface area contributed by atoms with E-state index in [9.17, 15) is 13.2 Å². The first-order chi connectivity index (χ1) is 12.2. The van der Waals surface area contributed by atoms with Crippen LogP contribution in [0, 0.1) is 6.92 Å². The molecule has 26 heavy (non-hydrogen) atoms. The number of aromatic carboxylic acids is 1. The van der Waals surface area contributed by atoms with Gasteiger partial charge in [-0.1, -0.05) is 32.0 Å². The molecule has 0 amide bonds. The van der Waals surface area contributed by atoms with E-state index in [1.54, 1.807) is 12.1 Å². The van der Waals surface area contributed by atoms with E-state index in [-0.39, 0.29) is 11.3 Å². The summed E-state index contributed by atoms with van der Waals surface area (Å²) in [6.07, 6.45) is 0. The first-order valence-corrected chi connectivity index (χ1v) is 10.7. The van der Waals surface area contributed by atoms with Crippen molar-refractivity contribution in [2.75, 3.05) is 0 Å². The Labute approximate surface area is 157 Å². The van der Waals surface area contributed by atoms with E-state index in [1.807, 2.05) is 19.1 Å². The lowest BCUT2D eigenvalue weighted by molar-refractivity contribution is 0.0696. The monoisotopic (exact) mass is 388 g/mol. The smallest absolute Gasteiger partial charge is 0.335 e. The normalized spacial score (nSPS) is 12.0. The number of carboxylic acid groups (broad SMARTS) is 1. The molecule has 0 spiro atoms. The molecule has 1 aromatic heterocycles. The molecule has 0 fully saturated rings. The third-order valence-electron chi connectivity index (χ3n) is 4.40. The minimum absolute atomic E-state index is 0.0901. The van der Waals surface area contributed by atoms with Gasteiger partial charge in [-0.2, -0.15) is 0 Å². The standard InChI is InChI=1S/C20H20O4S2/c1-12(2)15-7-8-18-17(10-15)13(3)20(25-18)26(23,24)11-14-5-4-6-16(9-14)19(21)22/h4-10,12H,11H2,1-3H3,(H,21,22). The van der Waals surface area contributed by atoms with Crippen molar-refractivity contribution in [1.82, 2.24) is 0 Å². The van der Waals surface area contributed by atoms with Crippen molar-refractivity contribution in [3.05, 3.63) is 64.7 Å². The van der Waals surface area contributed by atoms with Crippen molar-refractivity contribution in [2.45, 2.75) is 36.7 Å². The molecule has 3 rings (SSSR count). The minimum Gasteiger partial charge on any atom is -0.478 e. The molecule has 0 atom stereocenters. The van der Waals surface area contributed by atoms with Crippen molar-refractivity contribution in [1.29, 1.82) is 0 Å². The zero-order valence-corrected chi connectivity index (χ0v) is 16.4. The Morgan fingerprint density at radius 1 is 1.15 bits per heavy atom. The lowest BCUT2D eigenvalue weighted by Crippen LogP contribution is -2.06. The van der Waals surface area contributed by atoms with E-state index in [4.69, 9.17) is 5.11 Å². The first kappa shape index (κ1) is 18.6. The Bertz CT molecular complexity index is 1090. The summed E-state index contributed by atoms with van der Waals surface area (Å²) in [7, 11) is -3.56. The molecule has 6 heteroatoms. The predicted molar refractivity (Wildman–Crippen MR) is 105 cm³/mol. The predicted octanol–water partition coefficient (Wildman–Crippen LogP) is 5.01. The maximum Gasteiger partial charge on any atom is 0.335 e. The first-order valence-electron chi connectivity index (χ1n) is 8.27. The van der Waals surface area contributed by atoms with Crippen LogP contribution in [0.3, 0.4) is 0 Å². The van der Waals surface area contributed by atoms with Gasteiger partial charge < -0.3 is 5.11 Å². The van der Waals surface area contributed by atoms with Crippen molar-refractivity contribution in [3.8, 4) is 0 Å². The van der Waals surface area contributed by atoms with Gasteiger partial charge >= 0.3 is 5.97 Å². The summed E-state index contributed by atoms with van der Waals surface area (Å²) < 4.78 is 27.2. The van der Waals surface area contributed by atoms with E-state index in [2.05, 4.69) is 19.9 Å². The summed E-state index contributed by atoms with van der Waals surface area (Å²) in [5.74, 6) is -0.903. The van der Waals surface area contributed by atoms with Crippen LogP contribution in [-0.4, -0.2) is 19.5 Å². The van der Waals surface area contributed by atoms with Gasteiger partial charge in [0.2, 0.25) is 0 Å². The second-order valence-electron chi connectivity index (χ2n) is 6.69. The van der Waals surface area contributed by atoms with Crippen LogP contribution < -0.4 is 0 Å². The lowest BCUT2D eigenvalue weighted by Gasteiger charge is -2.06. The highest BCUT2D eigenvalue weighted by atomic mass is 32.2. The summed E-state index contributed by atoms with van der Waals surface area (Å²) >= 11 is 1.28. The average molecular weight is 389 g/mol. The third kappa shape index (κ3) is 3.52. The molecule has 0 aliphatic rings. The molecule has 1 N–H and O–H groups in total. The third-order valence-corrected chi connectivity index (χ3v) is 8.06. The zero-order chi connectivity index (χ0) is 19.1. The maximum atomic E-state index is 13.0. The number of aryl methyl sites for hydroxylation is 1. The van der Waals surface area contributed by atoms with Crippen molar-refractivity contribution in [2.24, 2.45) is 0 Å². The summed E-state index contributed by atoms with van der Waals surface area (Å²) in [4.78, 5) is 11.1. The van der Waals surface area contributed by atoms with E-state index >= 15 is 0 Å². The largest absolute Gasteiger partial charge is 0.478 e. The van der Waals surface area contributed by atoms with Crippen molar-refractivity contribution in [3.63, 3.8) is 0 Å². The number of benzene rings is 2. The average Bonchev–Trinajstić information content (AvgIpc) is 2.92. The molecule has 136 valence electrons. The van der Waals surface area contributed by atoms with Crippen LogP contribution in [0.25, 0.3) is 10.1 Å². The van der Waals surface area contributed by atoms with E-state index in [0.717, 1.165) is 15.6 Å². The molecule has 0 unspecified atom stereocenters. The van der Waals surface area contributed by atoms with Crippen LogP contribution in [0.1, 0.15) is 46.8 Å². The molecule has 1 heterocycles. The van der Waals surface area contributed by atoms with Gasteiger partial charge in [0.15, 0.2) is 9.84 Å². The van der Waals surface area contributed by atoms with Gasteiger partial charge in [-0.3, -0.25) is 0 Å². The molecular formula is C20H20O4S2. The number of carboxylic acids is 1. The summed E-state index contributed by atoms with van der Waals surface area (Å²) in [5.41, 5.74) is 2.51. The molecule has 4 nitrogen and oxygen atoms in total. The van der Waals surface area contributed by atoms with Crippen LogP contribution in [-0.2, 0) is 15.6 Å². The van der Waals surface area contributed by atoms with E-state index in [1.165, 1.54) is 29.0 Å². The summed E-state index contributed by atoms with van der Waals surface area (Å²) in [6.45, 7) is 6.05. The Morgan fingerprint density at radius 3 is 2.54 bits per heavy atom. The SMILES string of the molecule is Cc1c(S(=O)(=O)Cc2cccc(C(=O)O)c2)sc2ccc(C(C)C)cc12. The Hall–Kier alpha value is -2.18. The van der Waals surface area contributed by atoms with Gasteiger partial charge in [-0.25, -0.2) is 13.2 Å². The Balaban J connectivity index is 2.03. The molecule has 0 aliphatic heterocycles. The quantitative estimate of drug-likeness (QED) is 0.667. The zero-order valence-electron chi connectivity index (χ0n) is 14.8. The van der Waals surface area contributed by atoms with Crippen molar-refractivity contribution >= 4 is 37.2 Å². The number of rotatable bonds is 5. The fourth-order valence-electron chi connectivity index (χ4n) is 2.95. The van der Waals surface area contributed by atoms with Crippen LogP contribution in [0.4, 0.5) is 0 Å². The van der Waals surface area contributed by atoms with Crippen LogP contribution in [0.2, 0.25) is 0 Å². The number of sulfone groups is 1. The van der Waals surface area contributed by atoms with Gasteiger partial charge in [-0.05, 0) is 59.2 Å². The van der Waals surface area contributed by atoms with Gasteiger partial charge in [0.25, 0.3) is 0 Å². The number of hydrogen-bond acceptors (Lipinski definition) is 4. The fourth-order valence-corrected chi connectivity index (χ4v) is 6.15. The molecule has 0 saturated carbocycles. The number of thiophene rings is 1. The van der Waals surface area contributed by atoms with Crippen LogP contribution in [0.5, 0.6) is 0 Å². The lowest BCUT2D eigenvalue weighted by atomic mass is 10.0. The molecule has 3 aromatic rings. The van der Waals surface area contributed by atoms with Gasteiger partial charge in [-0.15, -0.1) is 11.3 Å². The van der Waals surface area contributed by atoms with Crippen LogP contribution >= 0.6 is 11.3 Å². The van der Waals surface area contributed by atoms with Gasteiger partial charge in [0.1, 0.15) is 4.21 Å². The molecule has 0 aliphatic carbocycles. The second kappa shape index (κ2) is 6.85. The molecule has 2 aromatic carbocycles. The van der Waals surface area contributed by atoms with Gasteiger partial charge in [0, 0.05) is 4.70 Å². The molecular weight excluding hydrogens is 368 g/mol. The highest BCUT2D eigenvalue weighted by Crippen LogP contribution is 2.37. The fraction of sp³-hybridized carbons (Fsp3) is 0.250. The number of carbonyl (C=O) groups is 1. The topological polar surface area (TPSA) is 71.4 Å². The van der Waals surface area contributed by atoms with Crippen LogP contribution in [0.15, 0.2) is 46.7 Å². The second-order valence-corrected chi connectivity index (χ2v) is 9.93. The van der Waals surface area contributed by atoms with Gasteiger partial charge in [0.05, 0.1) is 11.3 Å². The molecule has 0 saturated heterocycles.